The standard InChI is InChI=1S/C10H15N5/c11-6-1-2-7(12)4-9(14)10(15)5-8(13)3-6/h1-5H,11-15H2. The number of nitrogens with two attached hydrogens (primary N) is 5. The van der Waals surface area contributed by atoms with Crippen LogP contribution in [0.25, 0.3) is 0 Å². The monoisotopic (exact) mass is 205 g/mol. The van der Waals surface area contributed by atoms with Crippen molar-refractivity contribution in [2.24, 2.45) is 0 Å². The van der Waals surface area contributed by atoms with Crippen molar-refractivity contribution in [2.75, 3.05) is 28.7 Å². The van der Waals surface area contributed by atoms with Gasteiger partial charge < -0.3 is 28.7 Å². The molecule has 0 aliphatic rings. The summed E-state index contributed by atoms with van der Waals surface area (Å²) in [4.78, 5) is 0. The lowest BCUT2D eigenvalue weighted by atomic mass is 10.2. The second-order valence-electron chi connectivity index (χ2n) is 3.18. The van der Waals surface area contributed by atoms with Gasteiger partial charge in [0.2, 0.25) is 0 Å². The Kier molecular flexibility index (Phi) is 3.07. The van der Waals surface area contributed by atoms with Gasteiger partial charge in [0.15, 0.2) is 0 Å². The molecule has 0 heterocycles. The Balaban J connectivity index is 3.56. The zero-order valence-corrected chi connectivity index (χ0v) is 8.27. The van der Waals surface area contributed by atoms with Crippen LogP contribution in [0.2, 0.25) is 0 Å². The fourth-order valence-electron chi connectivity index (χ4n) is 1.05. The first kappa shape index (κ1) is 10.8. The Hall–Kier alpha value is -2.30. The summed E-state index contributed by atoms with van der Waals surface area (Å²) < 4.78 is 0. The lowest BCUT2D eigenvalue weighted by Crippen LogP contribution is -1.95. The molecule has 0 unspecified atom stereocenters. The first-order chi connectivity index (χ1) is 6.99. The Morgan fingerprint density at radius 2 is 0.933 bits per heavy atom. The molecule has 0 spiro atoms. The normalized spacial score (nSPS) is 9.33. The van der Waals surface area contributed by atoms with Crippen LogP contribution in [0.4, 0.5) is 28.4 Å². The Morgan fingerprint density at radius 3 is 1.47 bits per heavy atom. The summed E-state index contributed by atoms with van der Waals surface area (Å²) in [7, 11) is 0. The molecule has 0 aliphatic heterocycles. The van der Waals surface area contributed by atoms with Crippen LogP contribution < -0.4 is 28.7 Å². The van der Waals surface area contributed by atoms with Crippen LogP contribution in [0.3, 0.4) is 0 Å². The highest BCUT2D eigenvalue weighted by Crippen LogP contribution is 2.16. The van der Waals surface area contributed by atoms with E-state index in [9.17, 15) is 0 Å². The van der Waals surface area contributed by atoms with Gasteiger partial charge in [-0.1, -0.05) is 0 Å². The van der Waals surface area contributed by atoms with Crippen molar-refractivity contribution in [2.45, 2.75) is 0 Å². The van der Waals surface area contributed by atoms with Gasteiger partial charge in [0.1, 0.15) is 0 Å². The van der Waals surface area contributed by atoms with Crippen molar-refractivity contribution in [3.63, 3.8) is 0 Å². The lowest BCUT2D eigenvalue weighted by molar-refractivity contribution is 1.65. The van der Waals surface area contributed by atoms with Gasteiger partial charge in [-0.25, -0.2) is 0 Å². The molecule has 1 aromatic rings. The van der Waals surface area contributed by atoms with Gasteiger partial charge in [-0.2, -0.15) is 0 Å². The predicted molar refractivity (Wildman–Crippen MR) is 66.1 cm³/mol. The topological polar surface area (TPSA) is 130 Å². The average molecular weight is 205 g/mol. The minimum atomic E-state index is 0.356. The van der Waals surface area contributed by atoms with Gasteiger partial charge >= 0.3 is 0 Å². The molecule has 0 atom stereocenters. The van der Waals surface area contributed by atoms with Crippen LogP contribution >= 0.6 is 0 Å². The molecule has 1 aromatic carbocycles. The van der Waals surface area contributed by atoms with Crippen molar-refractivity contribution in [1.82, 2.24) is 0 Å². The van der Waals surface area contributed by atoms with Crippen LogP contribution in [0.1, 0.15) is 0 Å². The third-order valence-electron chi connectivity index (χ3n) is 1.78. The fraction of sp³-hybridized carbons (Fsp3) is 0. The van der Waals surface area contributed by atoms with Gasteiger partial charge in [-0.05, 0) is 30.3 Å². The minimum absolute atomic E-state index is 0.356. The summed E-state index contributed by atoms with van der Waals surface area (Å²) in [6.45, 7) is 0. The second-order valence-corrected chi connectivity index (χ2v) is 3.18. The van der Waals surface area contributed by atoms with Gasteiger partial charge in [-0.15, -0.1) is 0 Å². The summed E-state index contributed by atoms with van der Waals surface area (Å²) in [5.41, 5.74) is 30.4. The molecule has 0 radical (unpaired) electrons. The molecule has 15 heavy (non-hydrogen) atoms. The van der Waals surface area contributed by atoms with Gasteiger partial charge in [0.05, 0.1) is 11.4 Å². The van der Waals surface area contributed by atoms with Crippen LogP contribution in [-0.4, -0.2) is 0 Å². The number of nitrogen functional groups attached to an aromatic ring is 5. The van der Waals surface area contributed by atoms with Crippen molar-refractivity contribution in [3.8, 4) is 0 Å². The third kappa shape index (κ3) is 3.15. The highest BCUT2D eigenvalue weighted by molar-refractivity contribution is 5.68. The Labute approximate surface area is 88.2 Å². The maximum atomic E-state index is 5.67. The quantitative estimate of drug-likeness (QED) is 0.426. The van der Waals surface area contributed by atoms with E-state index in [1.54, 1.807) is 24.3 Å². The zero-order valence-electron chi connectivity index (χ0n) is 8.27. The number of rotatable bonds is 0. The largest absolute Gasteiger partial charge is 0.399 e. The van der Waals surface area contributed by atoms with E-state index in [1.807, 2.05) is 0 Å². The Bertz CT molecular complexity index is 427. The lowest BCUT2D eigenvalue weighted by Gasteiger charge is -1.98. The SMILES string of the molecule is Nc1ccc(N)cc(N)c(N)cc(N)c1. The second kappa shape index (κ2) is 4.28. The van der Waals surface area contributed by atoms with Crippen molar-refractivity contribution >= 4 is 28.4 Å². The minimum Gasteiger partial charge on any atom is -0.399 e. The highest BCUT2D eigenvalue weighted by atomic mass is 14.7. The average Bonchev–Trinajstić information content (AvgIpc) is 2.13. The number of hydrogen-bond donors (Lipinski definition) is 5. The number of hydrogen-bond acceptors (Lipinski definition) is 5. The first-order valence-electron chi connectivity index (χ1n) is 4.34. The molecule has 5 nitrogen and oxygen atoms in total. The molecule has 5 heteroatoms. The summed E-state index contributed by atoms with van der Waals surface area (Å²) in [5, 5.41) is 0. The predicted octanol–water partition coefficient (Wildman–Crippen LogP) is 0.722. The number of anilines is 5. The van der Waals surface area contributed by atoms with E-state index >= 15 is 0 Å². The van der Waals surface area contributed by atoms with Crippen molar-refractivity contribution < 1.29 is 0 Å². The maximum Gasteiger partial charge on any atom is 0.0569 e. The molecule has 0 fully saturated rings. The maximum absolute atomic E-state index is 5.67. The van der Waals surface area contributed by atoms with Crippen LogP contribution in [0.15, 0.2) is 30.3 Å². The van der Waals surface area contributed by atoms with Crippen molar-refractivity contribution in [3.05, 3.63) is 30.3 Å². The highest BCUT2D eigenvalue weighted by Gasteiger charge is 1.91. The molecule has 80 valence electrons. The molecule has 10 N–H and O–H groups in total. The van der Waals surface area contributed by atoms with Crippen molar-refractivity contribution in [1.29, 1.82) is 0 Å². The molecule has 0 saturated carbocycles. The molecule has 0 saturated heterocycles. The Morgan fingerprint density at radius 1 is 0.533 bits per heavy atom. The van der Waals surface area contributed by atoms with E-state index in [4.69, 9.17) is 28.7 Å². The van der Waals surface area contributed by atoms with Crippen LogP contribution in [0.5, 0.6) is 0 Å². The molecular formula is C10H15N5. The van der Waals surface area contributed by atoms with E-state index in [2.05, 4.69) is 0 Å². The van der Waals surface area contributed by atoms with Crippen LogP contribution in [0, 0.1) is 0 Å². The first-order valence-corrected chi connectivity index (χ1v) is 4.34. The van der Waals surface area contributed by atoms with Gasteiger partial charge in [0, 0.05) is 17.1 Å². The summed E-state index contributed by atoms with van der Waals surface area (Å²) in [6.07, 6.45) is 0. The summed E-state index contributed by atoms with van der Waals surface area (Å²) in [6, 6.07) is 7.93. The summed E-state index contributed by atoms with van der Waals surface area (Å²) >= 11 is 0. The molecule has 1 rings (SSSR count). The van der Waals surface area contributed by atoms with E-state index in [0.29, 0.717) is 28.4 Å². The molecule has 0 aliphatic carbocycles. The smallest absolute Gasteiger partial charge is 0.0569 e. The fourth-order valence-corrected chi connectivity index (χ4v) is 1.05. The van der Waals surface area contributed by atoms with E-state index in [0.717, 1.165) is 0 Å². The molecule has 0 amide bonds. The third-order valence-corrected chi connectivity index (χ3v) is 1.78. The zero-order chi connectivity index (χ0) is 11.4. The van der Waals surface area contributed by atoms with E-state index in [1.165, 1.54) is 6.07 Å². The molecular weight excluding hydrogens is 190 g/mol. The van der Waals surface area contributed by atoms with E-state index in [-0.39, 0.29) is 0 Å². The summed E-state index contributed by atoms with van der Waals surface area (Å²) in [5.74, 6) is 0. The van der Waals surface area contributed by atoms with Crippen LogP contribution in [-0.2, 0) is 0 Å². The molecule has 0 bridgehead atoms. The van der Waals surface area contributed by atoms with Gasteiger partial charge in [0.25, 0.3) is 0 Å². The molecule has 0 aromatic heterocycles. The van der Waals surface area contributed by atoms with Gasteiger partial charge in [-0.3, -0.25) is 0 Å². The van der Waals surface area contributed by atoms with E-state index < -0.39 is 0 Å².